The SMILES string of the molecule is CCC(CC)CNCCSc1ccccc1. The van der Waals surface area contributed by atoms with Gasteiger partial charge in [0.25, 0.3) is 0 Å². The van der Waals surface area contributed by atoms with Gasteiger partial charge in [0.05, 0.1) is 0 Å². The van der Waals surface area contributed by atoms with Gasteiger partial charge in [0, 0.05) is 17.2 Å². The van der Waals surface area contributed by atoms with Crippen LogP contribution >= 0.6 is 11.8 Å². The molecule has 0 bridgehead atoms. The van der Waals surface area contributed by atoms with E-state index in [0.29, 0.717) is 0 Å². The summed E-state index contributed by atoms with van der Waals surface area (Å²) in [7, 11) is 0. The fourth-order valence-electron chi connectivity index (χ4n) is 1.64. The molecule has 1 N–H and O–H groups in total. The van der Waals surface area contributed by atoms with Crippen molar-refractivity contribution >= 4 is 11.8 Å². The van der Waals surface area contributed by atoms with Gasteiger partial charge in [0.15, 0.2) is 0 Å². The van der Waals surface area contributed by atoms with E-state index < -0.39 is 0 Å². The number of hydrogen-bond donors (Lipinski definition) is 1. The van der Waals surface area contributed by atoms with E-state index in [1.54, 1.807) is 0 Å². The summed E-state index contributed by atoms with van der Waals surface area (Å²) in [4.78, 5) is 1.37. The Kier molecular flexibility index (Phi) is 7.35. The molecule has 0 heterocycles. The quantitative estimate of drug-likeness (QED) is 0.545. The van der Waals surface area contributed by atoms with E-state index in [2.05, 4.69) is 49.5 Å². The molecule has 0 aliphatic rings. The average Bonchev–Trinajstić information content (AvgIpc) is 2.35. The van der Waals surface area contributed by atoms with Crippen molar-refractivity contribution in [2.75, 3.05) is 18.8 Å². The molecule has 0 unspecified atom stereocenters. The minimum Gasteiger partial charge on any atom is -0.316 e. The molecule has 0 saturated heterocycles. The summed E-state index contributed by atoms with van der Waals surface area (Å²) in [5.41, 5.74) is 0. The Morgan fingerprint density at radius 3 is 2.44 bits per heavy atom. The Hall–Kier alpha value is -0.470. The Balaban J connectivity index is 2.04. The van der Waals surface area contributed by atoms with E-state index in [4.69, 9.17) is 0 Å². The first-order chi connectivity index (χ1) is 7.86. The van der Waals surface area contributed by atoms with Crippen LogP contribution in [-0.4, -0.2) is 18.8 Å². The Morgan fingerprint density at radius 1 is 1.12 bits per heavy atom. The highest BCUT2D eigenvalue weighted by molar-refractivity contribution is 7.99. The van der Waals surface area contributed by atoms with Crippen molar-refractivity contribution in [3.63, 3.8) is 0 Å². The summed E-state index contributed by atoms with van der Waals surface area (Å²) in [5.74, 6) is 2.01. The number of thioether (sulfide) groups is 1. The monoisotopic (exact) mass is 237 g/mol. The summed E-state index contributed by atoms with van der Waals surface area (Å²) in [5, 5.41) is 3.54. The van der Waals surface area contributed by atoms with Crippen molar-refractivity contribution in [1.82, 2.24) is 5.32 Å². The van der Waals surface area contributed by atoms with Gasteiger partial charge in [-0.2, -0.15) is 0 Å². The average molecular weight is 237 g/mol. The molecule has 0 saturated carbocycles. The van der Waals surface area contributed by atoms with E-state index in [0.717, 1.165) is 18.2 Å². The third-order valence-electron chi connectivity index (χ3n) is 2.88. The van der Waals surface area contributed by atoms with Gasteiger partial charge in [-0.25, -0.2) is 0 Å². The van der Waals surface area contributed by atoms with Crippen LogP contribution in [0.4, 0.5) is 0 Å². The summed E-state index contributed by atoms with van der Waals surface area (Å²) in [6.45, 7) is 6.82. The van der Waals surface area contributed by atoms with Crippen LogP contribution in [0.15, 0.2) is 35.2 Å². The van der Waals surface area contributed by atoms with Gasteiger partial charge in [0.2, 0.25) is 0 Å². The van der Waals surface area contributed by atoms with Gasteiger partial charge < -0.3 is 5.32 Å². The minimum atomic E-state index is 0.849. The molecule has 1 aromatic carbocycles. The molecule has 1 aromatic rings. The Bertz CT molecular complexity index is 257. The number of rotatable bonds is 8. The van der Waals surface area contributed by atoms with Crippen molar-refractivity contribution in [3.05, 3.63) is 30.3 Å². The third-order valence-corrected chi connectivity index (χ3v) is 3.89. The second kappa shape index (κ2) is 8.66. The molecular weight excluding hydrogens is 214 g/mol. The highest BCUT2D eigenvalue weighted by Crippen LogP contribution is 2.15. The normalized spacial score (nSPS) is 10.9. The maximum atomic E-state index is 3.54. The van der Waals surface area contributed by atoms with Crippen LogP contribution in [-0.2, 0) is 0 Å². The fraction of sp³-hybridized carbons (Fsp3) is 0.571. The molecule has 90 valence electrons. The minimum absolute atomic E-state index is 0.849. The molecule has 1 nitrogen and oxygen atoms in total. The molecule has 0 aliphatic carbocycles. The van der Waals surface area contributed by atoms with Crippen molar-refractivity contribution in [1.29, 1.82) is 0 Å². The standard InChI is InChI=1S/C14H23NS/c1-3-13(4-2)12-15-10-11-16-14-8-6-5-7-9-14/h5-9,13,15H,3-4,10-12H2,1-2H3. The van der Waals surface area contributed by atoms with Gasteiger partial charge in [-0.1, -0.05) is 44.9 Å². The lowest BCUT2D eigenvalue weighted by atomic mass is 10.0. The largest absolute Gasteiger partial charge is 0.316 e. The highest BCUT2D eigenvalue weighted by Gasteiger charge is 2.01. The lowest BCUT2D eigenvalue weighted by Gasteiger charge is -2.12. The Morgan fingerprint density at radius 2 is 1.81 bits per heavy atom. The van der Waals surface area contributed by atoms with Crippen LogP contribution in [0.1, 0.15) is 26.7 Å². The predicted octanol–water partition coefficient (Wildman–Crippen LogP) is 3.80. The molecule has 0 amide bonds. The summed E-state index contributed by atoms with van der Waals surface area (Å²) < 4.78 is 0. The second-order valence-electron chi connectivity index (χ2n) is 4.05. The highest BCUT2D eigenvalue weighted by atomic mass is 32.2. The van der Waals surface area contributed by atoms with E-state index >= 15 is 0 Å². The number of hydrogen-bond acceptors (Lipinski definition) is 2. The molecular formula is C14H23NS. The molecule has 0 spiro atoms. The molecule has 0 fully saturated rings. The van der Waals surface area contributed by atoms with Gasteiger partial charge in [0.1, 0.15) is 0 Å². The first-order valence-electron chi connectivity index (χ1n) is 6.25. The molecule has 1 rings (SSSR count). The van der Waals surface area contributed by atoms with Crippen LogP contribution in [0.5, 0.6) is 0 Å². The molecule has 0 radical (unpaired) electrons. The van der Waals surface area contributed by atoms with Crippen LogP contribution < -0.4 is 5.32 Å². The number of nitrogens with one attached hydrogen (secondary N) is 1. The van der Waals surface area contributed by atoms with Crippen LogP contribution in [0, 0.1) is 5.92 Å². The first kappa shape index (κ1) is 13.6. The molecule has 2 heteroatoms. The zero-order valence-electron chi connectivity index (χ0n) is 10.4. The molecule has 0 aromatic heterocycles. The van der Waals surface area contributed by atoms with Crippen LogP contribution in [0.3, 0.4) is 0 Å². The van der Waals surface area contributed by atoms with E-state index in [1.807, 2.05) is 11.8 Å². The summed E-state index contributed by atoms with van der Waals surface area (Å²) >= 11 is 1.92. The zero-order valence-corrected chi connectivity index (χ0v) is 11.2. The Labute approximate surface area is 104 Å². The second-order valence-corrected chi connectivity index (χ2v) is 5.22. The lowest BCUT2D eigenvalue weighted by molar-refractivity contribution is 0.457. The fourth-order valence-corrected chi connectivity index (χ4v) is 2.47. The molecule has 0 aliphatic heterocycles. The topological polar surface area (TPSA) is 12.0 Å². The zero-order chi connectivity index (χ0) is 11.6. The van der Waals surface area contributed by atoms with Gasteiger partial charge in [-0.3, -0.25) is 0 Å². The van der Waals surface area contributed by atoms with Crippen molar-refractivity contribution in [2.24, 2.45) is 5.92 Å². The van der Waals surface area contributed by atoms with E-state index in [-0.39, 0.29) is 0 Å². The van der Waals surface area contributed by atoms with E-state index in [1.165, 1.54) is 24.3 Å². The summed E-state index contributed by atoms with van der Waals surface area (Å²) in [6, 6.07) is 10.6. The summed E-state index contributed by atoms with van der Waals surface area (Å²) in [6.07, 6.45) is 2.57. The van der Waals surface area contributed by atoms with E-state index in [9.17, 15) is 0 Å². The van der Waals surface area contributed by atoms with Crippen LogP contribution in [0.2, 0.25) is 0 Å². The van der Waals surface area contributed by atoms with Gasteiger partial charge >= 0.3 is 0 Å². The first-order valence-corrected chi connectivity index (χ1v) is 7.24. The third kappa shape index (κ3) is 5.57. The smallest absolute Gasteiger partial charge is 0.0106 e. The molecule has 16 heavy (non-hydrogen) atoms. The van der Waals surface area contributed by atoms with Crippen molar-refractivity contribution in [2.45, 2.75) is 31.6 Å². The van der Waals surface area contributed by atoms with Gasteiger partial charge in [-0.15, -0.1) is 11.8 Å². The van der Waals surface area contributed by atoms with Gasteiger partial charge in [-0.05, 0) is 24.6 Å². The lowest BCUT2D eigenvalue weighted by Crippen LogP contribution is -2.24. The number of benzene rings is 1. The molecule has 0 atom stereocenters. The van der Waals surface area contributed by atoms with Crippen molar-refractivity contribution < 1.29 is 0 Å². The predicted molar refractivity (Wildman–Crippen MR) is 74.1 cm³/mol. The maximum Gasteiger partial charge on any atom is 0.0106 e. The van der Waals surface area contributed by atoms with Crippen molar-refractivity contribution in [3.8, 4) is 0 Å². The van der Waals surface area contributed by atoms with Crippen LogP contribution in [0.25, 0.3) is 0 Å². The maximum absolute atomic E-state index is 3.54.